The lowest BCUT2D eigenvalue weighted by Crippen LogP contribution is -1.94. The summed E-state index contributed by atoms with van der Waals surface area (Å²) in [4.78, 5) is 0. The Morgan fingerprint density at radius 1 is 1.75 bits per heavy atom. The number of oxime groups is 1. The Kier molecular flexibility index (Phi) is 4.65. The first-order chi connectivity index (χ1) is 3.85. The fourth-order valence-corrected chi connectivity index (χ4v) is 1.08. The number of hydrogen-bond acceptors (Lipinski definition) is 2. The summed E-state index contributed by atoms with van der Waals surface area (Å²) < 4.78 is 0. The summed E-state index contributed by atoms with van der Waals surface area (Å²) in [6.07, 6.45) is 2.04. The molecule has 48 valence electrons. The van der Waals surface area contributed by atoms with E-state index in [9.17, 15) is 0 Å². The smallest absolute Gasteiger partial charge is 0.0535 e. The van der Waals surface area contributed by atoms with Crippen LogP contribution in [0.3, 0.4) is 0 Å². The molecule has 0 fully saturated rings. The third-order valence-electron chi connectivity index (χ3n) is 1.09. The maximum atomic E-state index is 8.27. The van der Waals surface area contributed by atoms with E-state index in [1.165, 1.54) is 0 Å². The normalized spacial score (nSPS) is 12.4. The van der Waals surface area contributed by atoms with E-state index >= 15 is 0 Å². The number of nitrogens with zero attached hydrogens (tertiary/aromatic N) is 1. The van der Waals surface area contributed by atoms with Gasteiger partial charge in [-0.3, -0.25) is 0 Å². The van der Waals surface area contributed by atoms with Crippen LogP contribution >= 0.6 is 0 Å². The highest BCUT2D eigenvalue weighted by Crippen LogP contribution is 1.93. The Balaban J connectivity index is 3.38. The second-order valence-electron chi connectivity index (χ2n) is 1.77. The van der Waals surface area contributed by atoms with Crippen molar-refractivity contribution in [3.05, 3.63) is 0 Å². The van der Waals surface area contributed by atoms with Gasteiger partial charge in [-0.2, -0.15) is 0 Å². The molecular formula is C5H13NOSi. The van der Waals surface area contributed by atoms with E-state index in [2.05, 4.69) is 12.1 Å². The highest BCUT2D eigenvalue weighted by atomic mass is 28.1. The monoisotopic (exact) mass is 131 g/mol. The average molecular weight is 131 g/mol. The standard InChI is InChI=1S/C5H13NOSi/c1-2-3-5(4-8)6-7/h7H,2-4H2,1,8H3. The Bertz CT molecular complexity index is 82.5. The van der Waals surface area contributed by atoms with Crippen molar-refractivity contribution in [3.63, 3.8) is 0 Å². The van der Waals surface area contributed by atoms with Crippen molar-refractivity contribution in [1.29, 1.82) is 0 Å². The third-order valence-corrected chi connectivity index (χ3v) is 1.90. The van der Waals surface area contributed by atoms with E-state index in [1.54, 1.807) is 0 Å². The molecule has 0 aromatic rings. The molecule has 0 amide bonds. The topological polar surface area (TPSA) is 32.6 Å². The molecule has 0 radical (unpaired) electrons. The Morgan fingerprint density at radius 2 is 2.38 bits per heavy atom. The summed E-state index contributed by atoms with van der Waals surface area (Å²) in [5, 5.41) is 11.4. The maximum absolute atomic E-state index is 8.27. The molecule has 0 saturated carbocycles. The zero-order valence-corrected chi connectivity index (χ0v) is 7.52. The van der Waals surface area contributed by atoms with E-state index in [4.69, 9.17) is 5.21 Å². The lowest BCUT2D eigenvalue weighted by Gasteiger charge is -1.93. The van der Waals surface area contributed by atoms with Gasteiger partial charge in [-0.05, 0) is 12.5 Å². The predicted molar refractivity (Wildman–Crippen MR) is 38.9 cm³/mol. The predicted octanol–water partition coefficient (Wildman–Crippen LogP) is 0.400. The van der Waals surface area contributed by atoms with Gasteiger partial charge in [0.05, 0.1) is 5.71 Å². The highest BCUT2D eigenvalue weighted by Gasteiger charge is 1.91. The quantitative estimate of drug-likeness (QED) is 0.256. The average Bonchev–Trinajstić information content (AvgIpc) is 1.83. The SMILES string of the molecule is CCCC(C[SiH3])=NO. The first kappa shape index (κ1) is 7.69. The molecule has 0 saturated heterocycles. The zero-order chi connectivity index (χ0) is 6.41. The van der Waals surface area contributed by atoms with Gasteiger partial charge in [0, 0.05) is 10.2 Å². The van der Waals surface area contributed by atoms with Crippen LogP contribution in [0.2, 0.25) is 6.04 Å². The van der Waals surface area contributed by atoms with Crippen molar-refractivity contribution in [3.8, 4) is 0 Å². The van der Waals surface area contributed by atoms with Crippen LogP contribution in [0.5, 0.6) is 0 Å². The molecule has 0 heterocycles. The van der Waals surface area contributed by atoms with Gasteiger partial charge < -0.3 is 5.21 Å². The van der Waals surface area contributed by atoms with E-state index in [1.807, 2.05) is 0 Å². The van der Waals surface area contributed by atoms with Crippen LogP contribution in [0.4, 0.5) is 0 Å². The fraction of sp³-hybridized carbons (Fsp3) is 0.800. The van der Waals surface area contributed by atoms with Crippen molar-refractivity contribution >= 4 is 16.0 Å². The first-order valence-electron chi connectivity index (χ1n) is 3.04. The molecule has 0 unspecified atom stereocenters. The molecule has 0 spiro atoms. The van der Waals surface area contributed by atoms with Crippen LogP contribution in [0.1, 0.15) is 19.8 Å². The molecule has 0 aliphatic rings. The minimum atomic E-state index is 0.958. The van der Waals surface area contributed by atoms with Crippen LogP contribution in [0.25, 0.3) is 0 Å². The number of rotatable bonds is 3. The maximum Gasteiger partial charge on any atom is 0.0535 e. The van der Waals surface area contributed by atoms with Crippen molar-refractivity contribution in [2.45, 2.75) is 25.8 Å². The van der Waals surface area contributed by atoms with Crippen LogP contribution in [0, 0.1) is 0 Å². The fourth-order valence-electron chi connectivity index (χ4n) is 0.586. The molecule has 1 N–H and O–H groups in total. The number of hydrogen-bond donors (Lipinski definition) is 1. The summed E-state index contributed by atoms with van der Waals surface area (Å²) in [7, 11) is 1.11. The van der Waals surface area contributed by atoms with Crippen LogP contribution in [-0.2, 0) is 0 Å². The van der Waals surface area contributed by atoms with Gasteiger partial charge in [-0.25, -0.2) is 0 Å². The Hall–Kier alpha value is -0.313. The summed E-state index contributed by atoms with van der Waals surface area (Å²) in [5.41, 5.74) is 0.958. The van der Waals surface area contributed by atoms with Crippen molar-refractivity contribution in [2.75, 3.05) is 0 Å². The highest BCUT2D eigenvalue weighted by molar-refractivity contribution is 6.21. The summed E-state index contributed by atoms with van der Waals surface area (Å²) in [5.74, 6) is 0. The lowest BCUT2D eigenvalue weighted by molar-refractivity contribution is 0.317. The van der Waals surface area contributed by atoms with Gasteiger partial charge in [-0.1, -0.05) is 18.5 Å². The molecule has 3 heteroatoms. The minimum absolute atomic E-state index is 0.958. The molecule has 0 bridgehead atoms. The Labute approximate surface area is 53.0 Å². The van der Waals surface area contributed by atoms with Crippen LogP contribution in [0.15, 0.2) is 5.16 Å². The molecule has 8 heavy (non-hydrogen) atoms. The van der Waals surface area contributed by atoms with E-state index in [0.29, 0.717) is 0 Å². The first-order valence-corrected chi connectivity index (χ1v) is 4.46. The molecule has 2 nitrogen and oxygen atoms in total. The third kappa shape index (κ3) is 2.79. The zero-order valence-electron chi connectivity index (χ0n) is 5.52. The summed E-state index contributed by atoms with van der Waals surface area (Å²) in [6, 6.07) is 1.00. The molecule has 0 rings (SSSR count). The summed E-state index contributed by atoms with van der Waals surface area (Å²) >= 11 is 0. The van der Waals surface area contributed by atoms with Crippen LogP contribution < -0.4 is 0 Å². The van der Waals surface area contributed by atoms with Gasteiger partial charge in [0.25, 0.3) is 0 Å². The van der Waals surface area contributed by atoms with Gasteiger partial charge in [0.15, 0.2) is 0 Å². The molecular weight excluding hydrogens is 118 g/mol. The van der Waals surface area contributed by atoms with Crippen LogP contribution in [-0.4, -0.2) is 21.2 Å². The lowest BCUT2D eigenvalue weighted by atomic mass is 10.2. The molecule has 0 aliphatic carbocycles. The second kappa shape index (κ2) is 4.84. The van der Waals surface area contributed by atoms with Crippen molar-refractivity contribution in [2.24, 2.45) is 5.16 Å². The van der Waals surface area contributed by atoms with E-state index < -0.39 is 0 Å². The van der Waals surface area contributed by atoms with Crippen molar-refractivity contribution in [1.82, 2.24) is 0 Å². The molecule has 0 aliphatic heterocycles. The summed E-state index contributed by atoms with van der Waals surface area (Å²) in [6.45, 7) is 2.09. The largest absolute Gasteiger partial charge is 0.411 e. The van der Waals surface area contributed by atoms with E-state index in [-0.39, 0.29) is 0 Å². The minimum Gasteiger partial charge on any atom is -0.411 e. The van der Waals surface area contributed by atoms with E-state index in [0.717, 1.165) is 34.8 Å². The van der Waals surface area contributed by atoms with Gasteiger partial charge in [0.2, 0.25) is 0 Å². The molecule has 0 aromatic heterocycles. The van der Waals surface area contributed by atoms with Crippen molar-refractivity contribution < 1.29 is 5.21 Å². The molecule has 0 atom stereocenters. The second-order valence-corrected chi connectivity index (χ2v) is 2.48. The molecule has 0 aromatic carbocycles. The van der Waals surface area contributed by atoms with Gasteiger partial charge >= 0.3 is 0 Å². The van der Waals surface area contributed by atoms with Gasteiger partial charge in [0.1, 0.15) is 0 Å². The van der Waals surface area contributed by atoms with Gasteiger partial charge in [-0.15, -0.1) is 0 Å². The Morgan fingerprint density at radius 3 is 2.50 bits per heavy atom.